The molecule has 1 N–H and O–H groups in total. The van der Waals surface area contributed by atoms with Crippen LogP contribution in [0, 0.1) is 18.8 Å². The van der Waals surface area contributed by atoms with Gasteiger partial charge < -0.3 is 19.7 Å². The summed E-state index contributed by atoms with van der Waals surface area (Å²) in [6.07, 6.45) is -2.55. The quantitative estimate of drug-likeness (QED) is 0.336. The predicted octanol–water partition coefficient (Wildman–Crippen LogP) is 6.31. The number of morpholine rings is 1. The number of amides is 2. The summed E-state index contributed by atoms with van der Waals surface area (Å²) in [6.45, 7) is 10.4. The van der Waals surface area contributed by atoms with Crippen molar-refractivity contribution in [1.82, 2.24) is 14.9 Å². The number of likely N-dealkylation sites (tertiary alicyclic amines) is 1. The maximum Gasteiger partial charge on any atom is 0.433 e. The number of nitrogens with zero attached hydrogens (tertiary/aromatic N) is 4. The van der Waals surface area contributed by atoms with Gasteiger partial charge in [-0.05, 0) is 99.5 Å². The van der Waals surface area contributed by atoms with Crippen molar-refractivity contribution in [3.05, 3.63) is 71.2 Å². The minimum atomic E-state index is -4.67. The molecular formula is C34H36F3N5O4. The zero-order valence-electron chi connectivity index (χ0n) is 26.2. The average Bonchev–Trinajstić information content (AvgIpc) is 3.49. The highest BCUT2D eigenvalue weighted by atomic mass is 19.4. The Morgan fingerprint density at radius 2 is 1.80 bits per heavy atom. The van der Waals surface area contributed by atoms with E-state index < -0.39 is 29.5 Å². The number of carbonyl (C=O) groups excluding carboxylic acids is 2. The van der Waals surface area contributed by atoms with Gasteiger partial charge in [0.05, 0.1) is 19.3 Å². The molecule has 2 aromatic heterocycles. The molecule has 0 spiro atoms. The second-order valence-electron chi connectivity index (χ2n) is 12.2. The standard InChI is InChI=1S/C34H36F3N5O4/c1-22-7-8-26(40-31(43)23-11-12-38-29(19-23)34(35,36)37)21-28(22)24-18-25(39-30(20-24)41-14-16-45-17-15-41)9-10-27-6-5-13-42(27)32(44)46-33(2,3)4/h7-8,11-12,18-21,27H,5-6,13-17H2,1-4H3,(H,40,43)/t27-/m0/s1. The smallest absolute Gasteiger partial charge is 0.433 e. The highest BCUT2D eigenvalue weighted by Crippen LogP contribution is 2.31. The van der Waals surface area contributed by atoms with Crippen LogP contribution in [0.3, 0.4) is 0 Å². The van der Waals surface area contributed by atoms with Gasteiger partial charge in [-0.2, -0.15) is 13.2 Å². The first-order chi connectivity index (χ1) is 21.8. The van der Waals surface area contributed by atoms with Crippen LogP contribution in [0.2, 0.25) is 0 Å². The van der Waals surface area contributed by atoms with Gasteiger partial charge in [0.25, 0.3) is 5.91 Å². The number of hydrogen-bond acceptors (Lipinski definition) is 7. The normalized spacial score (nSPS) is 16.9. The predicted molar refractivity (Wildman–Crippen MR) is 167 cm³/mol. The molecule has 1 aromatic carbocycles. The van der Waals surface area contributed by atoms with Crippen LogP contribution >= 0.6 is 0 Å². The van der Waals surface area contributed by atoms with E-state index in [1.54, 1.807) is 17.0 Å². The molecule has 2 aliphatic heterocycles. The summed E-state index contributed by atoms with van der Waals surface area (Å²) in [5.74, 6) is 6.45. The van der Waals surface area contributed by atoms with Gasteiger partial charge in [-0.1, -0.05) is 12.0 Å². The number of anilines is 2. The summed E-state index contributed by atoms with van der Waals surface area (Å²) >= 11 is 0. The van der Waals surface area contributed by atoms with E-state index in [-0.39, 0.29) is 11.6 Å². The number of nitrogens with one attached hydrogen (secondary N) is 1. The molecule has 0 saturated carbocycles. The number of pyridine rings is 2. The first-order valence-electron chi connectivity index (χ1n) is 15.1. The maximum atomic E-state index is 13.2. The summed E-state index contributed by atoms with van der Waals surface area (Å²) in [6, 6.07) is 10.8. The lowest BCUT2D eigenvalue weighted by molar-refractivity contribution is -0.141. The van der Waals surface area contributed by atoms with E-state index in [0.717, 1.165) is 41.8 Å². The van der Waals surface area contributed by atoms with Gasteiger partial charge in [0, 0.05) is 37.1 Å². The third-order valence-electron chi connectivity index (χ3n) is 7.51. The third kappa shape index (κ3) is 8.14. The summed E-state index contributed by atoms with van der Waals surface area (Å²) in [5, 5.41) is 2.71. The van der Waals surface area contributed by atoms with E-state index >= 15 is 0 Å². The Morgan fingerprint density at radius 3 is 2.52 bits per heavy atom. The molecule has 5 rings (SSSR count). The first-order valence-corrected chi connectivity index (χ1v) is 15.1. The summed E-state index contributed by atoms with van der Waals surface area (Å²) < 4.78 is 50.6. The van der Waals surface area contributed by atoms with Crippen LogP contribution < -0.4 is 10.2 Å². The van der Waals surface area contributed by atoms with Gasteiger partial charge in [0.1, 0.15) is 22.8 Å². The lowest BCUT2D eigenvalue weighted by atomic mass is 9.99. The molecule has 1 atom stereocenters. The van der Waals surface area contributed by atoms with E-state index in [1.165, 1.54) is 6.07 Å². The fourth-order valence-corrected chi connectivity index (χ4v) is 5.24. The van der Waals surface area contributed by atoms with Gasteiger partial charge in [-0.25, -0.2) is 9.78 Å². The SMILES string of the molecule is Cc1ccc(NC(=O)c2ccnc(C(F)(F)F)c2)cc1-c1cc(C#C[C@@H]2CCCN2C(=O)OC(C)(C)C)nc(N2CCOCC2)c1. The molecule has 12 heteroatoms. The highest BCUT2D eigenvalue weighted by Gasteiger charge is 2.33. The van der Waals surface area contributed by atoms with E-state index in [0.29, 0.717) is 50.0 Å². The van der Waals surface area contributed by atoms with Crippen molar-refractivity contribution in [1.29, 1.82) is 0 Å². The number of rotatable bonds is 4. The highest BCUT2D eigenvalue weighted by molar-refractivity contribution is 6.04. The molecule has 0 unspecified atom stereocenters. The molecule has 3 aromatic rings. The molecule has 0 aliphatic carbocycles. The van der Waals surface area contributed by atoms with Crippen LogP contribution in [-0.2, 0) is 15.7 Å². The van der Waals surface area contributed by atoms with Gasteiger partial charge >= 0.3 is 12.3 Å². The molecule has 46 heavy (non-hydrogen) atoms. The largest absolute Gasteiger partial charge is 0.444 e. The second kappa shape index (κ2) is 13.4. The fraction of sp³-hybridized carbons (Fsp3) is 0.412. The Hall–Kier alpha value is -4.63. The molecule has 4 heterocycles. The minimum Gasteiger partial charge on any atom is -0.444 e. The zero-order chi connectivity index (χ0) is 33.1. The first kappa shape index (κ1) is 32.8. The van der Waals surface area contributed by atoms with Crippen molar-refractivity contribution < 1.29 is 32.2 Å². The van der Waals surface area contributed by atoms with Gasteiger partial charge in [0.15, 0.2) is 0 Å². The van der Waals surface area contributed by atoms with Crippen molar-refractivity contribution >= 4 is 23.5 Å². The van der Waals surface area contributed by atoms with E-state index in [4.69, 9.17) is 14.5 Å². The van der Waals surface area contributed by atoms with Crippen molar-refractivity contribution in [2.24, 2.45) is 0 Å². The summed E-state index contributed by atoms with van der Waals surface area (Å²) in [5.41, 5.74) is 1.51. The lowest BCUT2D eigenvalue weighted by Crippen LogP contribution is -2.39. The number of halogens is 3. The number of ether oxygens (including phenoxy) is 2. The molecule has 2 saturated heterocycles. The van der Waals surface area contributed by atoms with Crippen LogP contribution in [-0.4, -0.2) is 71.4 Å². The van der Waals surface area contributed by atoms with Gasteiger partial charge in [-0.15, -0.1) is 0 Å². The number of carbonyl (C=O) groups is 2. The van der Waals surface area contributed by atoms with Gasteiger partial charge in [-0.3, -0.25) is 14.7 Å². The number of aromatic nitrogens is 2. The van der Waals surface area contributed by atoms with E-state index in [2.05, 4.69) is 27.0 Å². The topological polar surface area (TPSA) is 96.9 Å². The Morgan fingerprint density at radius 1 is 1.04 bits per heavy atom. The Balaban J connectivity index is 1.46. The van der Waals surface area contributed by atoms with Crippen LogP contribution in [0.1, 0.15) is 60.9 Å². The molecule has 2 amide bonds. The van der Waals surface area contributed by atoms with Gasteiger partial charge in [0.2, 0.25) is 0 Å². The van der Waals surface area contributed by atoms with Crippen molar-refractivity contribution in [3.8, 4) is 23.0 Å². The number of aryl methyl sites for hydroxylation is 1. The van der Waals surface area contributed by atoms with Crippen molar-refractivity contribution in [2.45, 2.75) is 58.4 Å². The Labute approximate surface area is 266 Å². The molecular weight excluding hydrogens is 599 g/mol. The second-order valence-corrected chi connectivity index (χ2v) is 12.2. The Bertz CT molecular complexity index is 1670. The number of alkyl halides is 3. The third-order valence-corrected chi connectivity index (χ3v) is 7.51. The van der Waals surface area contributed by atoms with Crippen molar-refractivity contribution in [3.63, 3.8) is 0 Å². The number of hydrogen-bond donors (Lipinski definition) is 1. The van der Waals surface area contributed by atoms with Crippen molar-refractivity contribution in [2.75, 3.05) is 43.1 Å². The van der Waals surface area contributed by atoms with Crippen LogP contribution in [0.15, 0.2) is 48.7 Å². The maximum absolute atomic E-state index is 13.2. The van der Waals surface area contributed by atoms with E-state index in [1.807, 2.05) is 45.9 Å². The monoisotopic (exact) mass is 635 g/mol. The summed E-state index contributed by atoms with van der Waals surface area (Å²) in [4.78, 5) is 37.6. The molecule has 0 radical (unpaired) electrons. The molecule has 2 fully saturated rings. The van der Waals surface area contributed by atoms with Crippen LogP contribution in [0.25, 0.3) is 11.1 Å². The summed E-state index contributed by atoms with van der Waals surface area (Å²) in [7, 11) is 0. The van der Waals surface area contributed by atoms with Crippen LogP contribution in [0.5, 0.6) is 0 Å². The van der Waals surface area contributed by atoms with E-state index in [9.17, 15) is 22.8 Å². The average molecular weight is 636 g/mol. The molecule has 0 bridgehead atoms. The zero-order valence-corrected chi connectivity index (χ0v) is 26.2. The van der Waals surface area contributed by atoms with Crippen LogP contribution in [0.4, 0.5) is 29.5 Å². The fourth-order valence-electron chi connectivity index (χ4n) is 5.24. The molecule has 242 valence electrons. The lowest BCUT2D eigenvalue weighted by Gasteiger charge is -2.28. The minimum absolute atomic E-state index is 0.159. The Kier molecular flexibility index (Phi) is 9.53. The number of benzene rings is 1. The molecule has 2 aliphatic rings. The molecule has 9 nitrogen and oxygen atoms in total.